The van der Waals surface area contributed by atoms with Gasteiger partial charge < -0.3 is 20.8 Å². The van der Waals surface area contributed by atoms with Gasteiger partial charge in [-0.25, -0.2) is 0 Å². The molecule has 0 saturated heterocycles. The standard InChI is InChI=1S/C17H16N2O5/c1-9(20)11-3-5-12(6-4-11)17(24)19-14-8-15(22)13(7-16(14)23)18-10(2)21/h3-8,22-23H,1-2H3,(H,18,21)(H,19,24). The highest BCUT2D eigenvalue weighted by Gasteiger charge is 2.13. The van der Waals surface area contributed by atoms with E-state index < -0.39 is 11.8 Å². The number of nitrogens with one attached hydrogen (secondary N) is 2. The van der Waals surface area contributed by atoms with E-state index in [1.807, 2.05) is 0 Å². The number of benzene rings is 2. The number of rotatable bonds is 4. The number of phenolic OH excluding ortho intramolecular Hbond substituents is 2. The zero-order chi connectivity index (χ0) is 17.9. The van der Waals surface area contributed by atoms with E-state index in [0.29, 0.717) is 5.56 Å². The Kier molecular flexibility index (Phi) is 4.84. The average Bonchev–Trinajstić information content (AvgIpc) is 2.51. The van der Waals surface area contributed by atoms with Crippen LogP contribution in [0.2, 0.25) is 0 Å². The Morgan fingerprint density at radius 3 is 1.71 bits per heavy atom. The Morgan fingerprint density at radius 1 is 0.792 bits per heavy atom. The van der Waals surface area contributed by atoms with Crippen molar-refractivity contribution in [3.63, 3.8) is 0 Å². The molecule has 0 atom stereocenters. The van der Waals surface area contributed by atoms with E-state index >= 15 is 0 Å². The monoisotopic (exact) mass is 328 g/mol. The Bertz CT molecular complexity index is 812. The van der Waals surface area contributed by atoms with Crippen LogP contribution in [0.5, 0.6) is 11.5 Å². The molecule has 0 fully saturated rings. The molecule has 2 aromatic rings. The van der Waals surface area contributed by atoms with Crippen LogP contribution < -0.4 is 10.6 Å². The predicted octanol–water partition coefficient (Wildman–Crippen LogP) is 2.51. The lowest BCUT2D eigenvalue weighted by Gasteiger charge is -2.11. The first-order chi connectivity index (χ1) is 11.3. The molecule has 7 heteroatoms. The zero-order valence-electron chi connectivity index (χ0n) is 13.1. The number of aromatic hydroxyl groups is 2. The van der Waals surface area contributed by atoms with E-state index in [9.17, 15) is 24.6 Å². The second kappa shape index (κ2) is 6.82. The maximum absolute atomic E-state index is 12.2. The number of amides is 2. The smallest absolute Gasteiger partial charge is 0.255 e. The molecule has 7 nitrogen and oxygen atoms in total. The molecule has 24 heavy (non-hydrogen) atoms. The number of hydrogen-bond acceptors (Lipinski definition) is 5. The molecule has 2 rings (SSSR count). The Labute approximate surface area is 137 Å². The Balaban J connectivity index is 2.21. The van der Waals surface area contributed by atoms with Crippen LogP contribution in [0.25, 0.3) is 0 Å². The highest BCUT2D eigenvalue weighted by molar-refractivity contribution is 6.06. The normalized spacial score (nSPS) is 10.1. The molecule has 0 bridgehead atoms. The van der Waals surface area contributed by atoms with Gasteiger partial charge in [0, 0.05) is 30.2 Å². The van der Waals surface area contributed by atoms with Gasteiger partial charge in [-0.1, -0.05) is 12.1 Å². The van der Waals surface area contributed by atoms with E-state index in [1.54, 1.807) is 0 Å². The van der Waals surface area contributed by atoms with Crippen LogP contribution in [0.3, 0.4) is 0 Å². The van der Waals surface area contributed by atoms with Gasteiger partial charge in [-0.2, -0.15) is 0 Å². The first-order valence-electron chi connectivity index (χ1n) is 7.04. The van der Waals surface area contributed by atoms with E-state index in [2.05, 4.69) is 10.6 Å². The molecule has 0 aliphatic carbocycles. The van der Waals surface area contributed by atoms with E-state index in [4.69, 9.17) is 0 Å². The highest BCUT2D eigenvalue weighted by atomic mass is 16.3. The summed E-state index contributed by atoms with van der Waals surface area (Å²) in [5.74, 6) is -1.66. The van der Waals surface area contributed by atoms with E-state index in [0.717, 1.165) is 12.1 Å². The topological polar surface area (TPSA) is 116 Å². The molecule has 0 aromatic heterocycles. The number of Topliss-reactive ketones (excluding diaryl/α,β-unsaturated/α-hetero) is 1. The molecule has 0 heterocycles. The van der Waals surface area contributed by atoms with Crippen LogP contribution in [-0.2, 0) is 4.79 Å². The number of hydrogen-bond donors (Lipinski definition) is 4. The third kappa shape index (κ3) is 3.89. The molecule has 0 spiro atoms. The summed E-state index contributed by atoms with van der Waals surface area (Å²) in [5, 5.41) is 24.5. The number of ketones is 1. The quantitative estimate of drug-likeness (QED) is 0.391. The van der Waals surface area contributed by atoms with Gasteiger partial charge in [-0.15, -0.1) is 0 Å². The zero-order valence-corrected chi connectivity index (χ0v) is 13.1. The fourth-order valence-electron chi connectivity index (χ4n) is 2.02. The van der Waals surface area contributed by atoms with Gasteiger partial charge in [0.2, 0.25) is 5.91 Å². The minimum absolute atomic E-state index is 0.0118. The summed E-state index contributed by atoms with van der Waals surface area (Å²) in [6.07, 6.45) is 0. The van der Waals surface area contributed by atoms with Crippen LogP contribution in [0.15, 0.2) is 36.4 Å². The summed E-state index contributed by atoms with van der Waals surface area (Å²) in [4.78, 5) is 34.4. The summed E-state index contributed by atoms with van der Waals surface area (Å²) < 4.78 is 0. The van der Waals surface area contributed by atoms with Crippen LogP contribution >= 0.6 is 0 Å². The van der Waals surface area contributed by atoms with Crippen LogP contribution in [-0.4, -0.2) is 27.8 Å². The molecule has 2 amide bonds. The highest BCUT2D eigenvalue weighted by Crippen LogP contribution is 2.35. The summed E-state index contributed by atoms with van der Waals surface area (Å²) in [6.45, 7) is 2.68. The molecule has 0 aliphatic heterocycles. The maximum atomic E-state index is 12.2. The van der Waals surface area contributed by atoms with Crippen molar-refractivity contribution in [2.75, 3.05) is 10.6 Å². The molecule has 0 saturated carbocycles. The van der Waals surface area contributed by atoms with Crippen molar-refractivity contribution in [3.05, 3.63) is 47.5 Å². The molecule has 2 aromatic carbocycles. The van der Waals surface area contributed by atoms with Crippen LogP contribution in [0.4, 0.5) is 11.4 Å². The van der Waals surface area contributed by atoms with Gasteiger partial charge in [-0.3, -0.25) is 14.4 Å². The minimum atomic E-state index is -0.521. The fraction of sp³-hybridized carbons (Fsp3) is 0.118. The van der Waals surface area contributed by atoms with Gasteiger partial charge >= 0.3 is 0 Å². The van der Waals surface area contributed by atoms with Crippen molar-refractivity contribution in [2.24, 2.45) is 0 Å². The summed E-state index contributed by atoms with van der Waals surface area (Å²) in [5.41, 5.74) is 0.780. The van der Waals surface area contributed by atoms with E-state index in [-0.39, 0.29) is 34.2 Å². The largest absolute Gasteiger partial charge is 0.506 e. The van der Waals surface area contributed by atoms with Crippen LogP contribution in [0.1, 0.15) is 34.6 Å². The molecular formula is C17H16N2O5. The lowest BCUT2D eigenvalue weighted by molar-refractivity contribution is -0.114. The minimum Gasteiger partial charge on any atom is -0.506 e. The second-order valence-electron chi connectivity index (χ2n) is 5.16. The number of anilines is 2. The maximum Gasteiger partial charge on any atom is 0.255 e. The Hall–Kier alpha value is -3.35. The predicted molar refractivity (Wildman–Crippen MR) is 88.5 cm³/mol. The summed E-state index contributed by atoms with van der Waals surface area (Å²) in [6, 6.07) is 8.26. The molecule has 0 unspecified atom stereocenters. The molecule has 0 aliphatic rings. The van der Waals surface area contributed by atoms with Gasteiger partial charge in [0.25, 0.3) is 5.91 Å². The van der Waals surface area contributed by atoms with Gasteiger partial charge in [0.1, 0.15) is 11.5 Å². The van der Waals surface area contributed by atoms with Crippen molar-refractivity contribution >= 4 is 29.0 Å². The van der Waals surface area contributed by atoms with Gasteiger partial charge in [0.05, 0.1) is 11.4 Å². The molecule has 0 radical (unpaired) electrons. The first-order valence-corrected chi connectivity index (χ1v) is 7.04. The van der Waals surface area contributed by atoms with Crippen molar-refractivity contribution in [1.29, 1.82) is 0 Å². The second-order valence-corrected chi connectivity index (χ2v) is 5.16. The fourth-order valence-corrected chi connectivity index (χ4v) is 2.02. The van der Waals surface area contributed by atoms with Crippen molar-refractivity contribution in [3.8, 4) is 11.5 Å². The van der Waals surface area contributed by atoms with Crippen LogP contribution in [0, 0.1) is 0 Å². The third-order valence-electron chi connectivity index (χ3n) is 3.23. The molecular weight excluding hydrogens is 312 g/mol. The average molecular weight is 328 g/mol. The van der Waals surface area contributed by atoms with Gasteiger partial charge in [-0.05, 0) is 19.1 Å². The Morgan fingerprint density at radius 2 is 1.25 bits per heavy atom. The van der Waals surface area contributed by atoms with E-state index in [1.165, 1.54) is 38.1 Å². The number of carbonyl (C=O) groups is 3. The van der Waals surface area contributed by atoms with Crippen molar-refractivity contribution in [1.82, 2.24) is 0 Å². The lowest BCUT2D eigenvalue weighted by Crippen LogP contribution is -2.12. The third-order valence-corrected chi connectivity index (χ3v) is 3.23. The van der Waals surface area contributed by atoms with Crippen molar-refractivity contribution < 1.29 is 24.6 Å². The number of carbonyl (C=O) groups excluding carboxylic acids is 3. The first kappa shape index (κ1) is 17.0. The molecule has 4 N–H and O–H groups in total. The lowest BCUT2D eigenvalue weighted by atomic mass is 10.1. The molecule has 124 valence electrons. The van der Waals surface area contributed by atoms with Crippen molar-refractivity contribution in [2.45, 2.75) is 13.8 Å². The van der Waals surface area contributed by atoms with Gasteiger partial charge in [0.15, 0.2) is 5.78 Å². The summed E-state index contributed by atoms with van der Waals surface area (Å²) in [7, 11) is 0. The number of phenols is 2. The summed E-state index contributed by atoms with van der Waals surface area (Å²) >= 11 is 0. The SMILES string of the molecule is CC(=O)Nc1cc(O)c(NC(=O)c2ccc(C(C)=O)cc2)cc1O.